The molecule has 0 atom stereocenters. The van der Waals surface area contributed by atoms with Gasteiger partial charge in [0.2, 0.25) is 5.95 Å². The quantitative estimate of drug-likeness (QED) is 0.773. The summed E-state index contributed by atoms with van der Waals surface area (Å²) in [4.78, 5) is 8.85. The maximum absolute atomic E-state index is 12.4. The number of hydrogen-bond donors (Lipinski definition) is 0. The SMILES string of the molecule is CCN(CCCl)c1nccc(C(F)(F)F)n1. The van der Waals surface area contributed by atoms with Gasteiger partial charge in [-0.25, -0.2) is 9.97 Å². The molecule has 0 saturated heterocycles. The van der Waals surface area contributed by atoms with E-state index in [0.29, 0.717) is 19.0 Å². The maximum atomic E-state index is 12.4. The Morgan fingerprint density at radius 1 is 1.44 bits per heavy atom. The molecule has 0 unspecified atom stereocenters. The van der Waals surface area contributed by atoms with Gasteiger partial charge in [-0.15, -0.1) is 11.6 Å². The van der Waals surface area contributed by atoms with E-state index in [1.54, 1.807) is 11.8 Å². The van der Waals surface area contributed by atoms with Crippen LogP contribution in [0.1, 0.15) is 12.6 Å². The Balaban J connectivity index is 2.97. The Hall–Kier alpha value is -1.04. The van der Waals surface area contributed by atoms with Crippen LogP contribution in [-0.2, 0) is 6.18 Å². The average Bonchev–Trinajstić information content (AvgIpc) is 2.25. The molecule has 0 N–H and O–H groups in total. The van der Waals surface area contributed by atoms with Gasteiger partial charge in [0, 0.05) is 25.2 Å². The lowest BCUT2D eigenvalue weighted by atomic mass is 10.4. The molecular formula is C9H11ClF3N3. The van der Waals surface area contributed by atoms with Crippen LogP contribution in [0, 0.1) is 0 Å². The van der Waals surface area contributed by atoms with Crippen LogP contribution in [0.2, 0.25) is 0 Å². The number of nitrogens with zero attached hydrogens (tertiary/aromatic N) is 3. The molecule has 0 aliphatic heterocycles. The van der Waals surface area contributed by atoms with Crippen molar-refractivity contribution in [2.24, 2.45) is 0 Å². The van der Waals surface area contributed by atoms with E-state index in [1.165, 1.54) is 0 Å². The summed E-state index contributed by atoms with van der Waals surface area (Å²) in [7, 11) is 0. The van der Waals surface area contributed by atoms with Crippen molar-refractivity contribution < 1.29 is 13.2 Å². The van der Waals surface area contributed by atoms with Crippen LogP contribution in [0.25, 0.3) is 0 Å². The summed E-state index contributed by atoms with van der Waals surface area (Å²) in [5, 5.41) is 0. The predicted octanol–water partition coefficient (Wildman–Crippen LogP) is 2.56. The summed E-state index contributed by atoms with van der Waals surface area (Å²) in [6.07, 6.45) is -3.35. The third kappa shape index (κ3) is 3.23. The van der Waals surface area contributed by atoms with Gasteiger partial charge in [-0.1, -0.05) is 0 Å². The summed E-state index contributed by atoms with van der Waals surface area (Å²) in [5.74, 6) is 0.367. The Labute approximate surface area is 96.3 Å². The van der Waals surface area contributed by atoms with Crippen molar-refractivity contribution in [2.45, 2.75) is 13.1 Å². The number of rotatable bonds is 4. The van der Waals surface area contributed by atoms with Crippen molar-refractivity contribution in [1.82, 2.24) is 9.97 Å². The van der Waals surface area contributed by atoms with E-state index < -0.39 is 11.9 Å². The van der Waals surface area contributed by atoms with Gasteiger partial charge in [0.15, 0.2) is 0 Å². The largest absolute Gasteiger partial charge is 0.433 e. The zero-order valence-electron chi connectivity index (χ0n) is 8.63. The van der Waals surface area contributed by atoms with Crippen LogP contribution < -0.4 is 4.90 Å². The summed E-state index contributed by atoms with van der Waals surface area (Å²) < 4.78 is 37.2. The monoisotopic (exact) mass is 253 g/mol. The van der Waals surface area contributed by atoms with Crippen molar-refractivity contribution in [3.05, 3.63) is 18.0 Å². The fourth-order valence-electron chi connectivity index (χ4n) is 1.16. The van der Waals surface area contributed by atoms with Crippen molar-refractivity contribution in [3.63, 3.8) is 0 Å². The second-order valence-corrected chi connectivity index (χ2v) is 3.39. The van der Waals surface area contributed by atoms with E-state index in [9.17, 15) is 13.2 Å². The molecular weight excluding hydrogens is 243 g/mol. The molecule has 1 rings (SSSR count). The van der Waals surface area contributed by atoms with E-state index in [4.69, 9.17) is 11.6 Å². The normalized spacial score (nSPS) is 11.6. The highest BCUT2D eigenvalue weighted by molar-refractivity contribution is 6.18. The molecule has 90 valence electrons. The minimum atomic E-state index is -4.45. The molecule has 0 radical (unpaired) electrons. The maximum Gasteiger partial charge on any atom is 0.433 e. The first kappa shape index (κ1) is 13.0. The summed E-state index contributed by atoms with van der Waals surface area (Å²) >= 11 is 5.54. The highest BCUT2D eigenvalue weighted by Crippen LogP contribution is 2.27. The van der Waals surface area contributed by atoms with Crippen LogP contribution in [0.3, 0.4) is 0 Å². The van der Waals surface area contributed by atoms with E-state index in [1.807, 2.05) is 0 Å². The number of hydrogen-bond acceptors (Lipinski definition) is 3. The number of aromatic nitrogens is 2. The molecule has 3 nitrogen and oxygen atoms in total. The van der Waals surface area contributed by atoms with Gasteiger partial charge < -0.3 is 4.90 Å². The van der Waals surface area contributed by atoms with Crippen LogP contribution in [0.5, 0.6) is 0 Å². The van der Waals surface area contributed by atoms with Gasteiger partial charge in [0.05, 0.1) is 0 Å². The standard InChI is InChI=1S/C9H11ClF3N3/c1-2-16(6-4-10)8-14-5-3-7(15-8)9(11,12)13/h3,5H,2,4,6H2,1H3. The average molecular weight is 254 g/mol. The lowest BCUT2D eigenvalue weighted by molar-refractivity contribution is -0.141. The van der Waals surface area contributed by atoms with E-state index in [-0.39, 0.29) is 5.95 Å². The fourth-order valence-corrected chi connectivity index (χ4v) is 1.36. The minimum absolute atomic E-state index is 0.0537. The van der Waals surface area contributed by atoms with Crippen molar-refractivity contribution in [2.75, 3.05) is 23.9 Å². The summed E-state index contributed by atoms with van der Waals surface area (Å²) in [5.41, 5.74) is -0.939. The molecule has 0 aliphatic rings. The Morgan fingerprint density at radius 2 is 2.12 bits per heavy atom. The summed E-state index contributed by atoms with van der Waals surface area (Å²) in [6, 6.07) is 0.845. The van der Waals surface area contributed by atoms with Crippen LogP contribution >= 0.6 is 11.6 Å². The molecule has 0 bridgehead atoms. The van der Waals surface area contributed by atoms with Crippen LogP contribution in [-0.4, -0.2) is 28.9 Å². The molecule has 0 aliphatic carbocycles. The molecule has 0 fully saturated rings. The van der Waals surface area contributed by atoms with Gasteiger partial charge in [-0.3, -0.25) is 0 Å². The second kappa shape index (κ2) is 5.34. The Bertz CT molecular complexity index is 343. The highest BCUT2D eigenvalue weighted by atomic mass is 35.5. The van der Waals surface area contributed by atoms with Crippen molar-refractivity contribution in [3.8, 4) is 0 Å². The van der Waals surface area contributed by atoms with Gasteiger partial charge >= 0.3 is 6.18 Å². The zero-order valence-corrected chi connectivity index (χ0v) is 9.39. The Kier molecular flexibility index (Phi) is 4.35. The van der Waals surface area contributed by atoms with Gasteiger partial charge in [-0.05, 0) is 13.0 Å². The van der Waals surface area contributed by atoms with E-state index >= 15 is 0 Å². The molecule has 1 aromatic heterocycles. The predicted molar refractivity (Wildman–Crippen MR) is 55.6 cm³/mol. The molecule has 1 heterocycles. The highest BCUT2D eigenvalue weighted by Gasteiger charge is 2.33. The minimum Gasteiger partial charge on any atom is -0.340 e. The lowest BCUT2D eigenvalue weighted by Gasteiger charge is -2.19. The van der Waals surface area contributed by atoms with Gasteiger partial charge in [-0.2, -0.15) is 13.2 Å². The topological polar surface area (TPSA) is 29.0 Å². The Morgan fingerprint density at radius 3 is 2.62 bits per heavy atom. The molecule has 0 spiro atoms. The van der Waals surface area contributed by atoms with Crippen LogP contribution in [0.15, 0.2) is 12.3 Å². The molecule has 0 amide bonds. The molecule has 0 saturated carbocycles. The van der Waals surface area contributed by atoms with E-state index in [0.717, 1.165) is 12.3 Å². The van der Waals surface area contributed by atoms with Crippen molar-refractivity contribution >= 4 is 17.5 Å². The first-order valence-corrected chi connectivity index (χ1v) is 5.23. The second-order valence-electron chi connectivity index (χ2n) is 3.01. The third-order valence-corrected chi connectivity index (χ3v) is 2.12. The molecule has 16 heavy (non-hydrogen) atoms. The van der Waals surface area contributed by atoms with Gasteiger partial charge in [0.25, 0.3) is 0 Å². The summed E-state index contributed by atoms with van der Waals surface area (Å²) in [6.45, 7) is 2.73. The first-order chi connectivity index (χ1) is 7.49. The van der Waals surface area contributed by atoms with E-state index in [2.05, 4.69) is 9.97 Å². The number of anilines is 1. The molecule has 1 aromatic rings. The fraction of sp³-hybridized carbons (Fsp3) is 0.556. The molecule has 0 aromatic carbocycles. The lowest BCUT2D eigenvalue weighted by Crippen LogP contribution is -2.27. The zero-order chi connectivity index (χ0) is 12.2. The smallest absolute Gasteiger partial charge is 0.340 e. The van der Waals surface area contributed by atoms with Gasteiger partial charge in [0.1, 0.15) is 5.69 Å². The third-order valence-electron chi connectivity index (χ3n) is 1.95. The first-order valence-electron chi connectivity index (χ1n) is 4.70. The molecule has 7 heteroatoms. The number of halogens is 4. The van der Waals surface area contributed by atoms with Crippen molar-refractivity contribution in [1.29, 1.82) is 0 Å². The van der Waals surface area contributed by atoms with Crippen LogP contribution in [0.4, 0.5) is 19.1 Å². The number of alkyl halides is 4.